The average Bonchev–Trinajstić information content (AvgIpc) is 2.68. The fourth-order valence-corrected chi connectivity index (χ4v) is 3.77. The molecule has 0 aliphatic heterocycles. The lowest BCUT2D eigenvalue weighted by Crippen LogP contribution is -2.03. The summed E-state index contributed by atoms with van der Waals surface area (Å²) in [5.41, 5.74) is 4.86. The number of para-hydroxylation sites is 1. The summed E-state index contributed by atoms with van der Waals surface area (Å²) in [4.78, 5) is 5.39. The van der Waals surface area contributed by atoms with Crippen LogP contribution in [0.2, 0.25) is 5.02 Å². The van der Waals surface area contributed by atoms with Crippen LogP contribution >= 0.6 is 23.8 Å². The number of thiocarbonyl (C=S) groups is 1. The van der Waals surface area contributed by atoms with Gasteiger partial charge in [-0.3, -0.25) is 0 Å². The van der Waals surface area contributed by atoms with Gasteiger partial charge in [-0.05, 0) is 54.4 Å². The van der Waals surface area contributed by atoms with Crippen LogP contribution in [0.3, 0.4) is 0 Å². The smallest absolute Gasteiger partial charge is 0.131 e. The highest BCUT2D eigenvalue weighted by molar-refractivity contribution is 7.81. The number of fused-ring (bicyclic) bond motifs is 1. The highest BCUT2D eigenvalue weighted by Crippen LogP contribution is 2.27. The van der Waals surface area contributed by atoms with Crippen LogP contribution in [0.1, 0.15) is 16.7 Å². The second-order valence-corrected chi connectivity index (χ2v) is 7.17. The molecule has 2 nitrogen and oxygen atoms in total. The number of rotatable bonds is 4. The van der Waals surface area contributed by atoms with Gasteiger partial charge in [-0.2, -0.15) is 0 Å². The molecule has 0 radical (unpaired) electrons. The normalized spacial score (nSPS) is 10.7. The molecule has 0 unspecified atom stereocenters. The van der Waals surface area contributed by atoms with Crippen LogP contribution in [0.15, 0.2) is 78.9 Å². The van der Waals surface area contributed by atoms with Crippen molar-refractivity contribution in [3.8, 4) is 0 Å². The standard InChI is InChI=1S/C23H17ClN2S/c1-15-6-2-4-8-18(15)23(27)19-12-11-17(14-20(19)24)25-22-13-10-16-7-3-5-9-21(16)26-22/h2-14H,1H3,(H,25,26). The van der Waals surface area contributed by atoms with Crippen LogP contribution in [-0.2, 0) is 0 Å². The molecule has 0 aliphatic carbocycles. The van der Waals surface area contributed by atoms with Gasteiger partial charge >= 0.3 is 0 Å². The van der Waals surface area contributed by atoms with E-state index in [0.29, 0.717) is 5.02 Å². The number of pyridine rings is 1. The third kappa shape index (κ3) is 3.70. The molecule has 4 heteroatoms. The maximum Gasteiger partial charge on any atom is 0.131 e. The predicted molar refractivity (Wildman–Crippen MR) is 118 cm³/mol. The Bertz CT molecular complexity index is 1150. The molecular weight excluding hydrogens is 372 g/mol. The van der Waals surface area contributed by atoms with Crippen LogP contribution in [0.4, 0.5) is 11.5 Å². The largest absolute Gasteiger partial charge is 0.340 e. The van der Waals surface area contributed by atoms with Crippen molar-refractivity contribution in [2.75, 3.05) is 5.32 Å². The second-order valence-electron chi connectivity index (χ2n) is 6.35. The number of nitrogens with one attached hydrogen (secondary N) is 1. The molecule has 27 heavy (non-hydrogen) atoms. The molecule has 1 aromatic heterocycles. The van der Waals surface area contributed by atoms with Gasteiger partial charge in [0.1, 0.15) is 5.82 Å². The zero-order chi connectivity index (χ0) is 18.8. The average molecular weight is 389 g/mol. The third-order valence-corrected chi connectivity index (χ3v) is 5.23. The molecule has 1 N–H and O–H groups in total. The van der Waals surface area contributed by atoms with Crippen molar-refractivity contribution in [3.63, 3.8) is 0 Å². The van der Waals surface area contributed by atoms with Crippen molar-refractivity contribution in [3.05, 3.63) is 101 Å². The Morgan fingerprint density at radius 3 is 2.48 bits per heavy atom. The van der Waals surface area contributed by atoms with Gasteiger partial charge in [-0.1, -0.05) is 66.3 Å². The van der Waals surface area contributed by atoms with Crippen molar-refractivity contribution in [1.29, 1.82) is 0 Å². The summed E-state index contributed by atoms with van der Waals surface area (Å²) in [6, 6.07) is 25.9. The van der Waals surface area contributed by atoms with Crippen molar-refractivity contribution < 1.29 is 0 Å². The van der Waals surface area contributed by atoms with E-state index in [0.717, 1.165) is 44.0 Å². The molecule has 0 bridgehead atoms. The molecule has 3 aromatic carbocycles. The Balaban J connectivity index is 1.61. The Morgan fingerprint density at radius 2 is 1.67 bits per heavy atom. The van der Waals surface area contributed by atoms with Crippen LogP contribution in [0.5, 0.6) is 0 Å². The van der Waals surface area contributed by atoms with Gasteiger partial charge in [0.25, 0.3) is 0 Å². The molecule has 4 aromatic rings. The van der Waals surface area contributed by atoms with Gasteiger partial charge in [0.15, 0.2) is 0 Å². The zero-order valence-corrected chi connectivity index (χ0v) is 16.3. The van der Waals surface area contributed by atoms with E-state index in [1.54, 1.807) is 0 Å². The second kappa shape index (κ2) is 7.47. The molecule has 0 saturated carbocycles. The summed E-state index contributed by atoms with van der Waals surface area (Å²) >= 11 is 12.2. The number of hydrogen-bond donors (Lipinski definition) is 1. The Morgan fingerprint density at radius 1 is 0.889 bits per heavy atom. The van der Waals surface area contributed by atoms with Gasteiger partial charge in [-0.25, -0.2) is 4.98 Å². The number of anilines is 2. The maximum atomic E-state index is 6.54. The minimum atomic E-state index is 0.619. The molecular formula is C23H17ClN2S. The highest BCUT2D eigenvalue weighted by Gasteiger charge is 2.11. The van der Waals surface area contributed by atoms with Crippen molar-refractivity contribution in [1.82, 2.24) is 4.98 Å². The van der Waals surface area contributed by atoms with Crippen LogP contribution < -0.4 is 5.32 Å². The van der Waals surface area contributed by atoms with Crippen molar-refractivity contribution in [2.24, 2.45) is 0 Å². The first-order valence-electron chi connectivity index (χ1n) is 8.64. The number of aryl methyl sites for hydroxylation is 1. The first kappa shape index (κ1) is 17.7. The van der Waals surface area contributed by atoms with E-state index >= 15 is 0 Å². The first-order valence-corrected chi connectivity index (χ1v) is 9.43. The summed E-state index contributed by atoms with van der Waals surface area (Å²) in [7, 11) is 0. The van der Waals surface area contributed by atoms with Crippen LogP contribution in [-0.4, -0.2) is 9.85 Å². The number of benzene rings is 3. The third-order valence-electron chi connectivity index (χ3n) is 4.47. The number of hydrogen-bond acceptors (Lipinski definition) is 3. The highest BCUT2D eigenvalue weighted by atomic mass is 35.5. The lowest BCUT2D eigenvalue weighted by Gasteiger charge is -2.12. The molecule has 0 aliphatic rings. The van der Waals surface area contributed by atoms with Crippen molar-refractivity contribution in [2.45, 2.75) is 6.92 Å². The van der Waals surface area contributed by atoms with Gasteiger partial charge in [-0.15, -0.1) is 0 Å². The quantitative estimate of drug-likeness (QED) is 0.310. The lowest BCUT2D eigenvalue weighted by molar-refractivity contribution is 1.37. The number of aromatic nitrogens is 1. The lowest BCUT2D eigenvalue weighted by atomic mass is 10.00. The molecule has 0 fully saturated rings. The molecule has 0 saturated heterocycles. The monoisotopic (exact) mass is 388 g/mol. The SMILES string of the molecule is Cc1ccccc1C(=S)c1ccc(Nc2ccc3ccccc3n2)cc1Cl. The molecule has 1 heterocycles. The minimum Gasteiger partial charge on any atom is -0.340 e. The fourth-order valence-electron chi connectivity index (χ4n) is 3.03. The summed E-state index contributed by atoms with van der Waals surface area (Å²) in [5.74, 6) is 0.777. The van der Waals surface area contributed by atoms with E-state index in [-0.39, 0.29) is 0 Å². The Kier molecular flexibility index (Phi) is 4.88. The van der Waals surface area contributed by atoms with Gasteiger partial charge in [0, 0.05) is 16.6 Å². The zero-order valence-electron chi connectivity index (χ0n) is 14.7. The fraction of sp³-hybridized carbons (Fsp3) is 0.0435. The summed E-state index contributed by atoms with van der Waals surface area (Å²) in [6.07, 6.45) is 0. The summed E-state index contributed by atoms with van der Waals surface area (Å²) < 4.78 is 0. The van der Waals surface area contributed by atoms with Crippen molar-refractivity contribution >= 4 is 51.1 Å². The Labute approximate surface area is 168 Å². The van der Waals surface area contributed by atoms with E-state index in [4.69, 9.17) is 23.8 Å². The van der Waals surface area contributed by atoms with Gasteiger partial charge in [0.05, 0.1) is 15.4 Å². The van der Waals surface area contributed by atoms with Gasteiger partial charge < -0.3 is 5.32 Å². The molecule has 0 spiro atoms. The number of halogens is 1. The van der Waals surface area contributed by atoms with E-state index in [2.05, 4.69) is 23.3 Å². The summed E-state index contributed by atoms with van der Waals surface area (Å²) in [5, 5.41) is 5.05. The number of nitrogens with zero attached hydrogens (tertiary/aromatic N) is 1. The maximum absolute atomic E-state index is 6.54. The molecule has 0 amide bonds. The van der Waals surface area contributed by atoms with E-state index < -0.39 is 0 Å². The van der Waals surface area contributed by atoms with E-state index in [9.17, 15) is 0 Å². The molecule has 0 atom stereocenters. The molecule has 4 rings (SSSR count). The van der Waals surface area contributed by atoms with Crippen LogP contribution in [0.25, 0.3) is 10.9 Å². The van der Waals surface area contributed by atoms with E-state index in [1.165, 1.54) is 0 Å². The first-order chi connectivity index (χ1) is 13.1. The van der Waals surface area contributed by atoms with Gasteiger partial charge in [0.2, 0.25) is 0 Å². The predicted octanol–water partition coefficient (Wildman–Crippen LogP) is 6.71. The van der Waals surface area contributed by atoms with Crippen LogP contribution in [0, 0.1) is 6.92 Å². The topological polar surface area (TPSA) is 24.9 Å². The summed E-state index contributed by atoms with van der Waals surface area (Å²) in [6.45, 7) is 2.05. The Hall–Kier alpha value is -2.75. The molecule has 132 valence electrons. The van der Waals surface area contributed by atoms with E-state index in [1.807, 2.05) is 72.8 Å². The minimum absolute atomic E-state index is 0.619.